The lowest BCUT2D eigenvalue weighted by atomic mass is 10.2. The van der Waals surface area contributed by atoms with Crippen molar-refractivity contribution in [1.29, 1.82) is 0 Å². The van der Waals surface area contributed by atoms with E-state index in [9.17, 15) is 4.79 Å². The molecule has 108 valence electrons. The van der Waals surface area contributed by atoms with Crippen LogP contribution < -0.4 is 5.32 Å². The molecule has 1 aromatic rings. The van der Waals surface area contributed by atoms with Crippen LogP contribution in [0.1, 0.15) is 5.56 Å². The van der Waals surface area contributed by atoms with Crippen molar-refractivity contribution < 1.29 is 4.79 Å². The minimum absolute atomic E-state index is 0.0615. The molecule has 2 rings (SSSR count). The van der Waals surface area contributed by atoms with Crippen LogP contribution >= 0.6 is 11.6 Å². The van der Waals surface area contributed by atoms with Gasteiger partial charge in [-0.2, -0.15) is 0 Å². The highest BCUT2D eigenvalue weighted by Gasteiger charge is 2.20. The van der Waals surface area contributed by atoms with E-state index in [0.29, 0.717) is 5.02 Å². The summed E-state index contributed by atoms with van der Waals surface area (Å²) in [5.41, 5.74) is 1.67. The molecule has 1 heterocycles. The Kier molecular flexibility index (Phi) is 5.04. The van der Waals surface area contributed by atoms with E-state index in [0.717, 1.165) is 44.0 Å². The van der Waals surface area contributed by atoms with E-state index >= 15 is 0 Å². The van der Waals surface area contributed by atoms with Crippen LogP contribution in [0.2, 0.25) is 5.02 Å². The molecule has 0 unspecified atom stereocenters. The van der Waals surface area contributed by atoms with Gasteiger partial charge in [-0.05, 0) is 24.6 Å². The SMILES string of the molecule is C=CCN1CCN(C(=O)Nc2cccc(Cl)c2C)CC1. The van der Waals surface area contributed by atoms with Gasteiger partial charge in [-0.3, -0.25) is 4.90 Å². The Hall–Kier alpha value is -1.52. The molecule has 1 aliphatic rings. The molecule has 1 aromatic carbocycles. The highest BCUT2D eigenvalue weighted by atomic mass is 35.5. The van der Waals surface area contributed by atoms with E-state index in [1.807, 2.05) is 36.1 Å². The summed E-state index contributed by atoms with van der Waals surface area (Å²) in [5.74, 6) is 0. The van der Waals surface area contributed by atoms with Crippen LogP contribution in [0.15, 0.2) is 30.9 Å². The molecule has 0 saturated carbocycles. The van der Waals surface area contributed by atoms with Gasteiger partial charge in [0.2, 0.25) is 0 Å². The first kappa shape index (κ1) is 14.9. The second-order valence-corrected chi connectivity index (χ2v) is 5.33. The van der Waals surface area contributed by atoms with Crippen molar-refractivity contribution in [1.82, 2.24) is 9.80 Å². The van der Waals surface area contributed by atoms with Crippen LogP contribution in [-0.4, -0.2) is 48.6 Å². The molecular formula is C15H20ClN3O. The summed E-state index contributed by atoms with van der Waals surface area (Å²) in [6.45, 7) is 9.75. The average molecular weight is 294 g/mol. The van der Waals surface area contributed by atoms with Crippen LogP contribution in [0, 0.1) is 6.92 Å². The molecular weight excluding hydrogens is 274 g/mol. The van der Waals surface area contributed by atoms with E-state index in [4.69, 9.17) is 11.6 Å². The van der Waals surface area contributed by atoms with E-state index in [-0.39, 0.29) is 6.03 Å². The van der Waals surface area contributed by atoms with Gasteiger partial charge < -0.3 is 10.2 Å². The molecule has 1 aliphatic heterocycles. The summed E-state index contributed by atoms with van der Waals surface area (Å²) in [6.07, 6.45) is 1.89. The maximum absolute atomic E-state index is 12.2. The third kappa shape index (κ3) is 3.52. The van der Waals surface area contributed by atoms with E-state index in [2.05, 4.69) is 16.8 Å². The van der Waals surface area contributed by atoms with Gasteiger partial charge in [0.05, 0.1) is 0 Å². The zero-order valence-electron chi connectivity index (χ0n) is 11.7. The van der Waals surface area contributed by atoms with Crippen molar-refractivity contribution in [3.05, 3.63) is 41.4 Å². The van der Waals surface area contributed by atoms with Gasteiger partial charge in [0.15, 0.2) is 0 Å². The lowest BCUT2D eigenvalue weighted by Crippen LogP contribution is -2.49. The number of hydrogen-bond acceptors (Lipinski definition) is 2. The molecule has 0 aromatic heterocycles. The van der Waals surface area contributed by atoms with Crippen molar-refractivity contribution in [3.63, 3.8) is 0 Å². The molecule has 20 heavy (non-hydrogen) atoms. The van der Waals surface area contributed by atoms with Gasteiger partial charge in [-0.25, -0.2) is 4.79 Å². The Morgan fingerprint density at radius 3 is 2.75 bits per heavy atom. The number of piperazine rings is 1. The summed E-state index contributed by atoms with van der Waals surface area (Å²) >= 11 is 6.06. The summed E-state index contributed by atoms with van der Waals surface area (Å²) in [5, 5.41) is 3.60. The number of hydrogen-bond donors (Lipinski definition) is 1. The van der Waals surface area contributed by atoms with E-state index in [1.165, 1.54) is 0 Å². The number of amides is 2. The third-order valence-electron chi connectivity index (χ3n) is 3.56. The summed E-state index contributed by atoms with van der Waals surface area (Å²) in [6, 6.07) is 5.47. The second kappa shape index (κ2) is 6.77. The van der Waals surface area contributed by atoms with Crippen LogP contribution in [-0.2, 0) is 0 Å². The van der Waals surface area contributed by atoms with Gasteiger partial charge >= 0.3 is 6.03 Å². The van der Waals surface area contributed by atoms with E-state index < -0.39 is 0 Å². The summed E-state index contributed by atoms with van der Waals surface area (Å²) < 4.78 is 0. The highest BCUT2D eigenvalue weighted by Crippen LogP contribution is 2.23. The predicted molar refractivity (Wildman–Crippen MR) is 83.4 cm³/mol. The van der Waals surface area contributed by atoms with Crippen molar-refractivity contribution >= 4 is 23.3 Å². The third-order valence-corrected chi connectivity index (χ3v) is 3.97. The lowest BCUT2D eigenvalue weighted by Gasteiger charge is -2.34. The number of anilines is 1. The normalized spacial score (nSPS) is 16.0. The van der Waals surface area contributed by atoms with Crippen LogP contribution in [0.25, 0.3) is 0 Å². The minimum atomic E-state index is -0.0615. The molecule has 0 atom stereocenters. The van der Waals surface area contributed by atoms with Gasteiger partial charge in [0.1, 0.15) is 0 Å². The quantitative estimate of drug-likeness (QED) is 0.870. The fourth-order valence-electron chi connectivity index (χ4n) is 2.25. The number of rotatable bonds is 3. The van der Waals surface area contributed by atoms with Crippen molar-refractivity contribution in [3.8, 4) is 0 Å². The molecule has 0 radical (unpaired) electrons. The minimum Gasteiger partial charge on any atom is -0.322 e. The number of halogens is 1. The highest BCUT2D eigenvalue weighted by molar-refractivity contribution is 6.31. The molecule has 0 spiro atoms. The van der Waals surface area contributed by atoms with E-state index in [1.54, 1.807) is 0 Å². The molecule has 1 fully saturated rings. The Balaban J connectivity index is 1.93. The molecule has 1 N–H and O–H groups in total. The molecule has 0 aliphatic carbocycles. The maximum atomic E-state index is 12.2. The fourth-order valence-corrected chi connectivity index (χ4v) is 2.43. The number of nitrogens with one attached hydrogen (secondary N) is 1. The van der Waals surface area contributed by atoms with Gasteiger partial charge in [-0.15, -0.1) is 6.58 Å². The van der Waals surface area contributed by atoms with Crippen molar-refractivity contribution in [2.24, 2.45) is 0 Å². The number of nitrogens with zero attached hydrogens (tertiary/aromatic N) is 2. The van der Waals surface area contributed by atoms with Gasteiger partial charge in [-0.1, -0.05) is 23.7 Å². The molecule has 1 saturated heterocycles. The van der Waals surface area contributed by atoms with Crippen LogP contribution in [0.3, 0.4) is 0 Å². The van der Waals surface area contributed by atoms with Crippen LogP contribution in [0.4, 0.5) is 10.5 Å². The first-order chi connectivity index (χ1) is 9.61. The Morgan fingerprint density at radius 2 is 2.10 bits per heavy atom. The largest absolute Gasteiger partial charge is 0.322 e. The molecule has 4 nitrogen and oxygen atoms in total. The number of benzene rings is 1. The smallest absolute Gasteiger partial charge is 0.321 e. The monoisotopic (exact) mass is 293 g/mol. The Bertz CT molecular complexity index is 496. The van der Waals surface area contributed by atoms with Gasteiger partial charge in [0, 0.05) is 43.4 Å². The number of carbonyl (C=O) groups is 1. The van der Waals surface area contributed by atoms with Crippen molar-refractivity contribution in [2.45, 2.75) is 6.92 Å². The van der Waals surface area contributed by atoms with Gasteiger partial charge in [0.25, 0.3) is 0 Å². The second-order valence-electron chi connectivity index (χ2n) is 4.92. The number of urea groups is 1. The Labute approximate surface area is 125 Å². The number of carbonyl (C=O) groups excluding carboxylic acids is 1. The zero-order valence-corrected chi connectivity index (χ0v) is 12.5. The standard InChI is InChI=1S/C15H20ClN3O/c1-3-7-18-8-10-19(11-9-18)15(20)17-14-6-4-5-13(16)12(14)2/h3-6H,1,7-11H2,2H3,(H,17,20). The Morgan fingerprint density at radius 1 is 1.40 bits per heavy atom. The first-order valence-electron chi connectivity index (χ1n) is 6.76. The maximum Gasteiger partial charge on any atom is 0.321 e. The summed E-state index contributed by atoms with van der Waals surface area (Å²) in [4.78, 5) is 16.3. The predicted octanol–water partition coefficient (Wildman–Crippen LogP) is 2.98. The average Bonchev–Trinajstić information content (AvgIpc) is 2.45. The lowest BCUT2D eigenvalue weighted by molar-refractivity contribution is 0.156. The first-order valence-corrected chi connectivity index (χ1v) is 7.14. The zero-order chi connectivity index (χ0) is 14.5. The van der Waals surface area contributed by atoms with Crippen LogP contribution in [0.5, 0.6) is 0 Å². The molecule has 2 amide bonds. The fraction of sp³-hybridized carbons (Fsp3) is 0.400. The molecule has 0 bridgehead atoms. The molecule has 5 heteroatoms. The topological polar surface area (TPSA) is 35.6 Å². The van der Waals surface area contributed by atoms with Crippen molar-refractivity contribution in [2.75, 3.05) is 38.0 Å². The summed E-state index contributed by atoms with van der Waals surface area (Å²) in [7, 11) is 0.